The molecule has 2 aliphatic rings. The molecule has 162 valence electrons. The van der Waals surface area contributed by atoms with Gasteiger partial charge in [-0.2, -0.15) is 0 Å². The SMILES string of the molecule is COc1cccc(/C=C2\Oc3c(cc4c(c3C)OCN(Cc3ccc(Cl)cc3)C4)C2=O)c1. The monoisotopic (exact) mass is 447 g/mol. The minimum atomic E-state index is -0.122. The Hall–Kier alpha value is -3.28. The first kappa shape index (κ1) is 20.6. The zero-order valence-corrected chi connectivity index (χ0v) is 18.6. The van der Waals surface area contributed by atoms with E-state index in [2.05, 4.69) is 4.90 Å². The minimum absolute atomic E-state index is 0.122. The maximum Gasteiger partial charge on any atom is 0.231 e. The third-order valence-corrected chi connectivity index (χ3v) is 5.96. The molecule has 2 aliphatic heterocycles. The number of benzene rings is 3. The smallest absolute Gasteiger partial charge is 0.231 e. The largest absolute Gasteiger partial charge is 0.497 e. The Morgan fingerprint density at radius 1 is 1.12 bits per heavy atom. The van der Waals surface area contributed by atoms with E-state index in [1.165, 1.54) is 0 Å². The van der Waals surface area contributed by atoms with Gasteiger partial charge in [-0.3, -0.25) is 9.69 Å². The molecule has 3 aromatic rings. The summed E-state index contributed by atoms with van der Waals surface area (Å²) >= 11 is 5.99. The Labute approximate surface area is 191 Å². The van der Waals surface area contributed by atoms with Crippen LogP contribution in [0.4, 0.5) is 0 Å². The molecule has 32 heavy (non-hydrogen) atoms. The van der Waals surface area contributed by atoms with Crippen molar-refractivity contribution in [3.63, 3.8) is 0 Å². The number of fused-ring (bicyclic) bond motifs is 2. The van der Waals surface area contributed by atoms with Gasteiger partial charge in [-0.1, -0.05) is 35.9 Å². The lowest BCUT2D eigenvalue weighted by Gasteiger charge is -2.30. The average Bonchev–Trinajstić information content (AvgIpc) is 3.11. The molecular weight excluding hydrogens is 426 g/mol. The van der Waals surface area contributed by atoms with E-state index < -0.39 is 0 Å². The number of allylic oxidation sites excluding steroid dienone is 1. The predicted octanol–water partition coefficient (Wildman–Crippen LogP) is 5.63. The summed E-state index contributed by atoms with van der Waals surface area (Å²) in [5, 5.41) is 0.719. The van der Waals surface area contributed by atoms with Crippen LogP contribution in [-0.2, 0) is 13.1 Å². The molecule has 0 fully saturated rings. The first-order valence-corrected chi connectivity index (χ1v) is 10.7. The lowest BCUT2D eigenvalue weighted by Crippen LogP contribution is -2.32. The quantitative estimate of drug-likeness (QED) is 0.485. The standard InChI is InChI=1S/C26H22ClNO4/c1-16-25-19(14-28(15-31-25)13-17-6-8-20(27)9-7-17)12-22-24(29)23(32-26(16)22)11-18-4-3-5-21(10-18)30-2/h3-12H,13-15H2,1-2H3/b23-11-. The number of Topliss-reactive ketones (excluding diaryl/α,β-unsaturated/α-hetero) is 1. The summed E-state index contributed by atoms with van der Waals surface area (Å²) in [6.45, 7) is 3.83. The van der Waals surface area contributed by atoms with E-state index in [-0.39, 0.29) is 5.78 Å². The van der Waals surface area contributed by atoms with E-state index >= 15 is 0 Å². The zero-order chi connectivity index (χ0) is 22.2. The van der Waals surface area contributed by atoms with Crippen LogP contribution in [0.25, 0.3) is 6.08 Å². The van der Waals surface area contributed by atoms with Gasteiger partial charge in [0, 0.05) is 29.2 Å². The molecule has 0 atom stereocenters. The van der Waals surface area contributed by atoms with Gasteiger partial charge in [0.2, 0.25) is 5.78 Å². The number of halogens is 1. The highest BCUT2D eigenvalue weighted by Crippen LogP contribution is 2.43. The van der Waals surface area contributed by atoms with Crippen LogP contribution in [0.1, 0.15) is 32.6 Å². The number of hydrogen-bond acceptors (Lipinski definition) is 5. The molecule has 0 spiro atoms. The van der Waals surface area contributed by atoms with Crippen molar-refractivity contribution in [1.82, 2.24) is 4.90 Å². The number of carbonyl (C=O) groups is 1. The average molecular weight is 448 g/mol. The molecule has 3 aromatic carbocycles. The summed E-state index contributed by atoms with van der Waals surface area (Å²) in [5.41, 5.74) is 4.41. The molecule has 0 aliphatic carbocycles. The van der Waals surface area contributed by atoms with Crippen LogP contribution in [0.15, 0.2) is 60.4 Å². The molecular formula is C26H22ClNO4. The Kier molecular flexibility index (Phi) is 5.37. The Morgan fingerprint density at radius 3 is 2.72 bits per heavy atom. The normalized spacial score (nSPS) is 16.3. The fraction of sp³-hybridized carbons (Fsp3) is 0.192. The van der Waals surface area contributed by atoms with E-state index in [9.17, 15) is 4.79 Å². The molecule has 6 heteroatoms. The van der Waals surface area contributed by atoms with E-state index in [4.69, 9.17) is 25.8 Å². The zero-order valence-electron chi connectivity index (χ0n) is 17.9. The number of carbonyl (C=O) groups excluding carboxylic acids is 1. The second kappa shape index (κ2) is 8.34. The van der Waals surface area contributed by atoms with Crippen molar-refractivity contribution in [2.75, 3.05) is 13.8 Å². The summed E-state index contributed by atoms with van der Waals surface area (Å²) in [5.74, 6) is 2.28. The topological polar surface area (TPSA) is 48.0 Å². The van der Waals surface area contributed by atoms with Crippen molar-refractivity contribution in [2.24, 2.45) is 0 Å². The Bertz CT molecular complexity index is 1230. The van der Waals surface area contributed by atoms with Gasteiger partial charge in [-0.15, -0.1) is 0 Å². The molecule has 0 bridgehead atoms. The van der Waals surface area contributed by atoms with Gasteiger partial charge in [-0.25, -0.2) is 0 Å². The van der Waals surface area contributed by atoms with E-state index in [1.807, 2.05) is 61.5 Å². The molecule has 5 nitrogen and oxygen atoms in total. The van der Waals surface area contributed by atoms with Gasteiger partial charge in [-0.05, 0) is 54.5 Å². The molecule has 0 saturated heterocycles. The first-order chi connectivity index (χ1) is 15.5. The highest BCUT2D eigenvalue weighted by molar-refractivity contribution is 6.30. The summed E-state index contributed by atoms with van der Waals surface area (Å²) in [6.07, 6.45) is 1.75. The lowest BCUT2D eigenvalue weighted by atomic mass is 10.00. The van der Waals surface area contributed by atoms with Crippen LogP contribution in [0, 0.1) is 6.92 Å². The van der Waals surface area contributed by atoms with Gasteiger partial charge < -0.3 is 14.2 Å². The first-order valence-electron chi connectivity index (χ1n) is 10.4. The third kappa shape index (κ3) is 3.85. The van der Waals surface area contributed by atoms with Gasteiger partial charge >= 0.3 is 0 Å². The molecule has 0 aromatic heterocycles. The van der Waals surface area contributed by atoms with E-state index in [1.54, 1.807) is 13.2 Å². The number of rotatable bonds is 4. The number of ketones is 1. The van der Waals surface area contributed by atoms with Crippen LogP contribution in [0.5, 0.6) is 17.2 Å². The second-order valence-corrected chi connectivity index (χ2v) is 8.41. The molecule has 0 saturated carbocycles. The van der Waals surface area contributed by atoms with E-state index in [0.29, 0.717) is 30.3 Å². The fourth-order valence-corrected chi connectivity index (χ4v) is 4.25. The van der Waals surface area contributed by atoms with Crippen molar-refractivity contribution < 1.29 is 19.0 Å². The van der Waals surface area contributed by atoms with Crippen molar-refractivity contribution in [2.45, 2.75) is 20.0 Å². The summed E-state index contributed by atoms with van der Waals surface area (Å²) < 4.78 is 17.3. The van der Waals surface area contributed by atoms with Gasteiger partial charge in [0.05, 0.1) is 12.7 Å². The second-order valence-electron chi connectivity index (χ2n) is 7.97. The van der Waals surface area contributed by atoms with Gasteiger partial charge in [0.1, 0.15) is 24.0 Å². The highest BCUT2D eigenvalue weighted by atomic mass is 35.5. The van der Waals surface area contributed by atoms with Crippen LogP contribution < -0.4 is 14.2 Å². The van der Waals surface area contributed by atoms with Crippen LogP contribution in [-0.4, -0.2) is 24.5 Å². The van der Waals surface area contributed by atoms with Gasteiger partial charge in [0.25, 0.3) is 0 Å². The van der Waals surface area contributed by atoms with Crippen LogP contribution in [0.3, 0.4) is 0 Å². The molecule has 0 radical (unpaired) electrons. The van der Waals surface area contributed by atoms with Crippen LogP contribution >= 0.6 is 11.6 Å². The summed E-state index contributed by atoms with van der Waals surface area (Å²) in [4.78, 5) is 15.3. The highest BCUT2D eigenvalue weighted by Gasteiger charge is 2.33. The number of hydrogen-bond donors (Lipinski definition) is 0. The molecule has 2 heterocycles. The Morgan fingerprint density at radius 2 is 1.94 bits per heavy atom. The number of methoxy groups -OCH3 is 1. The summed E-state index contributed by atoms with van der Waals surface area (Å²) in [7, 11) is 1.61. The van der Waals surface area contributed by atoms with Crippen molar-refractivity contribution in [3.8, 4) is 17.2 Å². The van der Waals surface area contributed by atoms with E-state index in [0.717, 1.165) is 45.3 Å². The summed E-state index contributed by atoms with van der Waals surface area (Å²) in [6, 6.07) is 17.2. The lowest BCUT2D eigenvalue weighted by molar-refractivity contribution is 0.0876. The molecule has 0 amide bonds. The van der Waals surface area contributed by atoms with Gasteiger partial charge in [0.15, 0.2) is 5.76 Å². The molecule has 0 unspecified atom stereocenters. The van der Waals surface area contributed by atoms with Crippen LogP contribution in [0.2, 0.25) is 5.02 Å². The molecule has 5 rings (SSSR count). The molecule has 0 N–H and O–H groups in total. The maximum atomic E-state index is 13.1. The van der Waals surface area contributed by atoms with Crippen molar-refractivity contribution in [3.05, 3.63) is 93.2 Å². The number of nitrogens with zero attached hydrogens (tertiary/aromatic N) is 1. The third-order valence-electron chi connectivity index (χ3n) is 5.71. The number of ether oxygens (including phenoxy) is 3. The van der Waals surface area contributed by atoms with Crippen molar-refractivity contribution in [1.29, 1.82) is 0 Å². The fourth-order valence-electron chi connectivity index (χ4n) is 4.13. The Balaban J connectivity index is 1.41. The van der Waals surface area contributed by atoms with Crippen molar-refractivity contribution >= 4 is 23.5 Å². The predicted molar refractivity (Wildman–Crippen MR) is 123 cm³/mol. The maximum absolute atomic E-state index is 13.1. The minimum Gasteiger partial charge on any atom is -0.497 e.